The van der Waals surface area contributed by atoms with Gasteiger partial charge in [-0.3, -0.25) is 9.69 Å². The molecule has 11 heteroatoms. The molecule has 6 rings (SSSR count). The standard InChI is InChI=1S/C31H35FN6O4/c1-42-29-26-23(18-25(32)27(29)36-14-16-37(17-15-36)31-33-10-5-11-34-31)28(39)24(30(40)41)20-38(26)22-8-6-21(7-9-22)19-35-12-3-2-4-13-35/h5-11,20,23H,2-4,12-19H2,1H3,(H,40,41). The minimum atomic E-state index is -1.33. The summed E-state index contributed by atoms with van der Waals surface area (Å²) in [4.78, 5) is 42.2. The van der Waals surface area contributed by atoms with E-state index >= 15 is 4.39 Å². The Morgan fingerprint density at radius 3 is 2.31 bits per heavy atom. The van der Waals surface area contributed by atoms with E-state index in [4.69, 9.17) is 4.74 Å². The van der Waals surface area contributed by atoms with E-state index in [2.05, 4.69) is 14.9 Å². The number of carbonyl (C=O) groups is 2. The van der Waals surface area contributed by atoms with Crippen LogP contribution in [0, 0.1) is 5.92 Å². The summed E-state index contributed by atoms with van der Waals surface area (Å²) >= 11 is 0. The van der Waals surface area contributed by atoms with Crippen LogP contribution in [0.2, 0.25) is 0 Å². The van der Waals surface area contributed by atoms with Gasteiger partial charge in [-0.25, -0.2) is 19.2 Å². The minimum Gasteiger partial charge on any atom is -0.493 e. The maximum absolute atomic E-state index is 15.9. The zero-order valence-corrected chi connectivity index (χ0v) is 23.7. The highest BCUT2D eigenvalue weighted by molar-refractivity contribution is 6.20. The molecule has 10 nitrogen and oxygen atoms in total. The zero-order valence-electron chi connectivity index (χ0n) is 23.7. The molecule has 0 saturated carbocycles. The normalized spacial score (nSPS) is 21.9. The summed E-state index contributed by atoms with van der Waals surface area (Å²) in [6.45, 7) is 5.19. The van der Waals surface area contributed by atoms with Gasteiger partial charge in [0.2, 0.25) is 5.95 Å². The monoisotopic (exact) mass is 574 g/mol. The minimum absolute atomic E-state index is 0.230. The van der Waals surface area contributed by atoms with Crippen molar-refractivity contribution in [2.75, 3.05) is 56.2 Å². The molecule has 2 saturated heterocycles. The number of piperidine rings is 1. The highest BCUT2D eigenvalue weighted by Gasteiger charge is 2.45. The fourth-order valence-electron chi connectivity index (χ4n) is 6.33. The molecule has 1 atom stereocenters. The Balaban J connectivity index is 1.32. The number of carboxylic acid groups (broad SMARTS) is 1. The topological polar surface area (TPSA) is 102 Å². The Morgan fingerprint density at radius 1 is 1.00 bits per heavy atom. The molecule has 0 bridgehead atoms. The smallest absolute Gasteiger partial charge is 0.340 e. The first-order chi connectivity index (χ1) is 20.4. The molecule has 4 heterocycles. The summed E-state index contributed by atoms with van der Waals surface area (Å²) in [7, 11) is 1.47. The molecule has 2 aromatic rings. The molecule has 3 aliphatic heterocycles. The second-order valence-corrected chi connectivity index (χ2v) is 11.0. The molecule has 220 valence electrons. The number of rotatable bonds is 7. The molecule has 1 unspecified atom stereocenters. The van der Waals surface area contributed by atoms with Crippen molar-refractivity contribution in [2.45, 2.75) is 32.2 Å². The average molecular weight is 575 g/mol. The van der Waals surface area contributed by atoms with Crippen LogP contribution in [0.3, 0.4) is 0 Å². The van der Waals surface area contributed by atoms with Gasteiger partial charge >= 0.3 is 5.97 Å². The number of benzene rings is 1. The number of nitrogens with zero attached hydrogens (tertiary/aromatic N) is 6. The lowest BCUT2D eigenvalue weighted by atomic mass is 9.82. The van der Waals surface area contributed by atoms with Gasteiger partial charge in [0.25, 0.3) is 0 Å². The van der Waals surface area contributed by atoms with Crippen LogP contribution in [0.5, 0.6) is 0 Å². The second kappa shape index (κ2) is 11.9. The van der Waals surface area contributed by atoms with E-state index in [0.29, 0.717) is 49.2 Å². The van der Waals surface area contributed by atoms with Crippen molar-refractivity contribution in [3.05, 3.63) is 83.0 Å². The molecule has 1 aromatic heterocycles. The number of methoxy groups -OCH3 is 1. The third-order valence-electron chi connectivity index (χ3n) is 8.45. The lowest BCUT2D eigenvalue weighted by Crippen LogP contribution is -2.48. The van der Waals surface area contributed by atoms with Gasteiger partial charge < -0.3 is 24.5 Å². The van der Waals surface area contributed by atoms with Crippen LogP contribution in [0.4, 0.5) is 16.0 Å². The van der Waals surface area contributed by atoms with Gasteiger partial charge in [-0.1, -0.05) is 18.6 Å². The number of hydrogen-bond donors (Lipinski definition) is 1. The predicted molar refractivity (Wildman–Crippen MR) is 155 cm³/mol. The van der Waals surface area contributed by atoms with Crippen molar-refractivity contribution in [2.24, 2.45) is 5.92 Å². The van der Waals surface area contributed by atoms with E-state index in [0.717, 1.165) is 25.2 Å². The molecule has 0 radical (unpaired) electrons. The van der Waals surface area contributed by atoms with Crippen LogP contribution < -0.4 is 9.80 Å². The van der Waals surface area contributed by atoms with Gasteiger partial charge in [-0.15, -0.1) is 0 Å². The second-order valence-electron chi connectivity index (χ2n) is 11.0. The van der Waals surface area contributed by atoms with Crippen molar-refractivity contribution < 1.29 is 23.8 Å². The van der Waals surface area contributed by atoms with Crippen molar-refractivity contribution >= 4 is 23.4 Å². The number of carbonyl (C=O) groups excluding carboxylic acids is 1. The summed E-state index contributed by atoms with van der Waals surface area (Å²) in [5.74, 6) is -2.57. The highest BCUT2D eigenvalue weighted by Crippen LogP contribution is 2.44. The highest BCUT2D eigenvalue weighted by atomic mass is 19.1. The summed E-state index contributed by atoms with van der Waals surface area (Å²) < 4.78 is 21.8. The number of allylic oxidation sites excluding steroid dienone is 2. The van der Waals surface area contributed by atoms with Gasteiger partial charge in [0, 0.05) is 63.4 Å². The van der Waals surface area contributed by atoms with Crippen LogP contribution in [0.25, 0.3) is 0 Å². The van der Waals surface area contributed by atoms with Crippen molar-refractivity contribution in [1.29, 1.82) is 0 Å². The number of anilines is 2. The first kappa shape index (κ1) is 27.9. The van der Waals surface area contributed by atoms with Gasteiger partial charge in [0.05, 0.1) is 18.7 Å². The largest absolute Gasteiger partial charge is 0.493 e. The van der Waals surface area contributed by atoms with E-state index in [-0.39, 0.29) is 17.8 Å². The molecule has 4 aliphatic rings. The molecule has 1 aliphatic carbocycles. The molecule has 2 fully saturated rings. The number of ketones is 1. The number of fused-ring (bicyclic) bond motifs is 1. The molecule has 42 heavy (non-hydrogen) atoms. The predicted octanol–water partition coefficient (Wildman–Crippen LogP) is 3.70. The van der Waals surface area contributed by atoms with E-state index in [1.54, 1.807) is 23.4 Å². The van der Waals surface area contributed by atoms with Crippen molar-refractivity contribution in [1.82, 2.24) is 19.8 Å². The Bertz CT molecular complexity index is 1430. The van der Waals surface area contributed by atoms with Gasteiger partial charge in [0.1, 0.15) is 17.1 Å². The number of halogens is 1. The number of piperazine rings is 1. The Morgan fingerprint density at radius 2 is 1.67 bits per heavy atom. The van der Waals surface area contributed by atoms with E-state index in [9.17, 15) is 14.7 Å². The van der Waals surface area contributed by atoms with Crippen LogP contribution in [0.15, 0.2) is 77.5 Å². The lowest BCUT2D eigenvalue weighted by molar-refractivity contribution is -0.135. The van der Waals surface area contributed by atoms with Crippen LogP contribution in [-0.4, -0.2) is 83.0 Å². The Hall–Kier alpha value is -4.25. The van der Waals surface area contributed by atoms with E-state index < -0.39 is 23.5 Å². The lowest BCUT2D eigenvalue weighted by Gasteiger charge is -2.42. The molecular formula is C31H35FN6O4. The summed E-state index contributed by atoms with van der Waals surface area (Å²) in [6, 6.07) is 9.67. The van der Waals surface area contributed by atoms with Gasteiger partial charge in [0.15, 0.2) is 11.5 Å². The molecular weight excluding hydrogens is 539 g/mol. The number of hydrogen-bond acceptors (Lipinski definition) is 9. The molecule has 1 N–H and O–H groups in total. The molecule has 0 amide bonds. The summed E-state index contributed by atoms with van der Waals surface area (Å²) in [5.41, 5.74) is 2.24. The molecule has 0 spiro atoms. The van der Waals surface area contributed by atoms with Crippen LogP contribution in [0.1, 0.15) is 31.2 Å². The quantitative estimate of drug-likeness (QED) is 0.493. The van der Waals surface area contributed by atoms with Gasteiger partial charge in [-0.05, 0) is 49.7 Å². The first-order valence-electron chi connectivity index (χ1n) is 14.5. The number of aliphatic carboxylic acids is 1. The average Bonchev–Trinajstić information content (AvgIpc) is 3.02. The van der Waals surface area contributed by atoms with Crippen LogP contribution >= 0.6 is 0 Å². The molecule has 1 aromatic carbocycles. The third kappa shape index (κ3) is 5.36. The van der Waals surface area contributed by atoms with E-state index in [1.165, 1.54) is 32.6 Å². The number of Topliss-reactive ketones (excluding diaryl/α,β-unsaturated/α-hetero) is 1. The summed E-state index contributed by atoms with van der Waals surface area (Å²) in [6.07, 6.45) is 8.19. The third-order valence-corrected chi connectivity index (χ3v) is 8.45. The summed E-state index contributed by atoms with van der Waals surface area (Å²) in [5, 5.41) is 9.86. The Labute approximate surface area is 244 Å². The number of ether oxygens (including phenoxy) is 1. The van der Waals surface area contributed by atoms with E-state index in [1.807, 2.05) is 34.1 Å². The number of aromatic nitrogens is 2. The van der Waals surface area contributed by atoms with Crippen molar-refractivity contribution in [3.63, 3.8) is 0 Å². The van der Waals surface area contributed by atoms with Gasteiger partial charge in [-0.2, -0.15) is 0 Å². The number of likely N-dealkylation sites (tertiary alicyclic amines) is 1. The fraction of sp³-hybridized carbons (Fsp3) is 0.419. The van der Waals surface area contributed by atoms with Crippen molar-refractivity contribution in [3.8, 4) is 0 Å². The Kier molecular flexibility index (Phi) is 7.92. The fourth-order valence-corrected chi connectivity index (χ4v) is 6.33. The maximum Gasteiger partial charge on any atom is 0.340 e. The number of carboxylic acids is 1. The van der Waals surface area contributed by atoms with Crippen LogP contribution in [-0.2, 0) is 20.9 Å². The SMILES string of the molecule is COC1=C2C(CC(F)=C1N1CCN(c3ncccn3)CC1)C(=O)C(C(=O)O)=CN2c1ccc(CN2CCCCC2)cc1. The first-order valence-corrected chi connectivity index (χ1v) is 14.5. The zero-order chi connectivity index (χ0) is 29.2. The maximum atomic E-state index is 15.9.